The molecule has 1 fully saturated rings. The Morgan fingerprint density at radius 1 is 1.35 bits per heavy atom. The molecule has 0 radical (unpaired) electrons. The highest BCUT2D eigenvalue weighted by Crippen LogP contribution is 2.27. The first kappa shape index (κ1) is 16.2. The molecule has 1 atom stereocenters. The number of aromatic nitrogens is 1. The molecule has 23 heavy (non-hydrogen) atoms. The van der Waals surface area contributed by atoms with Crippen LogP contribution in [0.15, 0.2) is 34.9 Å². The van der Waals surface area contributed by atoms with E-state index < -0.39 is 0 Å². The summed E-state index contributed by atoms with van der Waals surface area (Å²) in [6, 6.07) is 6.83. The zero-order valence-corrected chi connectivity index (χ0v) is 14.0. The van der Waals surface area contributed by atoms with E-state index in [-0.39, 0.29) is 5.82 Å². The highest BCUT2D eigenvalue weighted by Gasteiger charge is 2.25. The molecule has 4 heteroatoms. The van der Waals surface area contributed by atoms with Crippen molar-refractivity contribution in [3.63, 3.8) is 0 Å². The standard InChI is InChI=1S/C19H25FN2O/c1-14(2)12-22-9-5-7-16(13-22)19-21-11-17(23-19)10-15-6-3-4-8-18(15)20/h3-4,6,8,11,14,16H,5,7,9-10,12-13H2,1-2H3/t16-/m1/s1. The van der Waals surface area contributed by atoms with E-state index in [1.54, 1.807) is 18.3 Å². The largest absolute Gasteiger partial charge is 0.445 e. The lowest BCUT2D eigenvalue weighted by molar-refractivity contribution is 0.175. The highest BCUT2D eigenvalue weighted by atomic mass is 19.1. The van der Waals surface area contributed by atoms with Gasteiger partial charge in [0.2, 0.25) is 0 Å². The Kier molecular flexibility index (Phi) is 5.11. The van der Waals surface area contributed by atoms with E-state index >= 15 is 0 Å². The quantitative estimate of drug-likeness (QED) is 0.826. The van der Waals surface area contributed by atoms with Gasteiger partial charge in [-0.1, -0.05) is 32.0 Å². The maximum absolute atomic E-state index is 13.7. The van der Waals surface area contributed by atoms with Gasteiger partial charge in [-0.2, -0.15) is 0 Å². The number of hydrogen-bond acceptors (Lipinski definition) is 3. The predicted octanol–water partition coefficient (Wildman–Crippen LogP) is 4.24. The first-order valence-electron chi connectivity index (χ1n) is 8.52. The number of piperidine rings is 1. The second kappa shape index (κ2) is 7.26. The monoisotopic (exact) mass is 316 g/mol. The van der Waals surface area contributed by atoms with Crippen molar-refractivity contribution in [2.75, 3.05) is 19.6 Å². The number of halogens is 1. The van der Waals surface area contributed by atoms with Crippen LogP contribution in [0.2, 0.25) is 0 Å². The second-order valence-electron chi connectivity index (χ2n) is 6.93. The molecule has 1 aliphatic heterocycles. The first-order chi connectivity index (χ1) is 11.1. The smallest absolute Gasteiger partial charge is 0.198 e. The fourth-order valence-electron chi connectivity index (χ4n) is 3.36. The minimum Gasteiger partial charge on any atom is -0.445 e. The van der Waals surface area contributed by atoms with Gasteiger partial charge in [0.25, 0.3) is 0 Å². The molecule has 0 aliphatic carbocycles. The zero-order valence-electron chi connectivity index (χ0n) is 14.0. The van der Waals surface area contributed by atoms with Crippen molar-refractivity contribution in [3.8, 4) is 0 Å². The molecule has 1 saturated heterocycles. The Morgan fingerprint density at radius 2 is 2.17 bits per heavy atom. The molecule has 3 rings (SSSR count). The minimum atomic E-state index is -0.189. The number of oxazole rings is 1. The third kappa shape index (κ3) is 4.20. The van der Waals surface area contributed by atoms with Gasteiger partial charge >= 0.3 is 0 Å². The summed E-state index contributed by atoms with van der Waals surface area (Å²) in [6.07, 6.45) is 4.52. The van der Waals surface area contributed by atoms with E-state index in [0.29, 0.717) is 23.8 Å². The summed E-state index contributed by atoms with van der Waals surface area (Å²) in [5, 5.41) is 0. The molecule has 0 unspecified atom stereocenters. The van der Waals surface area contributed by atoms with E-state index in [1.807, 2.05) is 6.07 Å². The van der Waals surface area contributed by atoms with E-state index in [4.69, 9.17) is 4.42 Å². The molecule has 124 valence electrons. The molecule has 0 saturated carbocycles. The number of benzene rings is 1. The van der Waals surface area contributed by atoms with Gasteiger partial charge in [-0.05, 0) is 36.9 Å². The van der Waals surface area contributed by atoms with E-state index in [9.17, 15) is 4.39 Å². The van der Waals surface area contributed by atoms with Crippen LogP contribution in [-0.4, -0.2) is 29.5 Å². The fraction of sp³-hybridized carbons (Fsp3) is 0.526. The molecular formula is C19H25FN2O. The summed E-state index contributed by atoms with van der Waals surface area (Å²) in [5.41, 5.74) is 0.653. The molecule has 2 aromatic rings. The van der Waals surface area contributed by atoms with Crippen LogP contribution in [0.25, 0.3) is 0 Å². The van der Waals surface area contributed by atoms with Crippen molar-refractivity contribution in [2.24, 2.45) is 5.92 Å². The molecule has 0 spiro atoms. The van der Waals surface area contributed by atoms with Crippen molar-refractivity contribution in [1.29, 1.82) is 0 Å². The van der Waals surface area contributed by atoms with Crippen molar-refractivity contribution in [2.45, 2.75) is 39.0 Å². The van der Waals surface area contributed by atoms with Crippen molar-refractivity contribution >= 4 is 0 Å². The average Bonchev–Trinajstić information content (AvgIpc) is 2.98. The van der Waals surface area contributed by atoms with Crippen LogP contribution in [0.5, 0.6) is 0 Å². The first-order valence-corrected chi connectivity index (χ1v) is 8.52. The summed E-state index contributed by atoms with van der Waals surface area (Å²) in [5.74, 6) is 2.40. The normalized spacial score (nSPS) is 19.4. The van der Waals surface area contributed by atoms with Gasteiger partial charge in [0.15, 0.2) is 5.89 Å². The Hall–Kier alpha value is -1.68. The van der Waals surface area contributed by atoms with Gasteiger partial charge < -0.3 is 9.32 Å². The Labute approximate surface area is 137 Å². The van der Waals surface area contributed by atoms with Crippen LogP contribution in [-0.2, 0) is 6.42 Å². The van der Waals surface area contributed by atoms with Crippen molar-refractivity contribution < 1.29 is 8.81 Å². The van der Waals surface area contributed by atoms with Gasteiger partial charge in [-0.15, -0.1) is 0 Å². The van der Waals surface area contributed by atoms with E-state index in [1.165, 1.54) is 12.5 Å². The average molecular weight is 316 g/mol. The SMILES string of the molecule is CC(C)CN1CCC[C@@H](c2ncc(Cc3ccccc3F)o2)C1. The molecule has 0 N–H and O–H groups in total. The summed E-state index contributed by atoms with van der Waals surface area (Å²) in [4.78, 5) is 6.96. The number of rotatable bonds is 5. The van der Waals surface area contributed by atoms with Gasteiger partial charge in [-0.25, -0.2) is 9.37 Å². The molecule has 0 amide bonds. The third-order valence-electron chi connectivity index (χ3n) is 4.37. The minimum absolute atomic E-state index is 0.189. The van der Waals surface area contributed by atoms with Crippen LogP contribution in [0.4, 0.5) is 4.39 Å². The Balaban J connectivity index is 1.66. The molecular weight excluding hydrogens is 291 g/mol. The van der Waals surface area contributed by atoms with Crippen LogP contribution in [0.1, 0.15) is 49.8 Å². The van der Waals surface area contributed by atoms with Crippen LogP contribution in [0.3, 0.4) is 0 Å². The maximum atomic E-state index is 13.7. The van der Waals surface area contributed by atoms with Crippen LogP contribution >= 0.6 is 0 Å². The Bertz CT molecular complexity index is 638. The number of nitrogens with zero attached hydrogens (tertiary/aromatic N) is 2. The van der Waals surface area contributed by atoms with Crippen molar-refractivity contribution in [1.82, 2.24) is 9.88 Å². The molecule has 1 aromatic heterocycles. The van der Waals surface area contributed by atoms with E-state index in [0.717, 1.165) is 37.7 Å². The molecule has 1 aromatic carbocycles. The summed E-state index contributed by atoms with van der Waals surface area (Å²) in [6.45, 7) is 7.80. The molecule has 3 nitrogen and oxygen atoms in total. The zero-order chi connectivity index (χ0) is 16.2. The predicted molar refractivity (Wildman–Crippen MR) is 89.0 cm³/mol. The molecule has 2 heterocycles. The third-order valence-corrected chi connectivity index (χ3v) is 4.37. The maximum Gasteiger partial charge on any atom is 0.198 e. The van der Waals surface area contributed by atoms with Gasteiger partial charge in [0.1, 0.15) is 11.6 Å². The van der Waals surface area contributed by atoms with E-state index in [2.05, 4.69) is 23.7 Å². The number of hydrogen-bond donors (Lipinski definition) is 0. The topological polar surface area (TPSA) is 29.3 Å². The van der Waals surface area contributed by atoms with Crippen LogP contribution < -0.4 is 0 Å². The van der Waals surface area contributed by atoms with Gasteiger partial charge in [0, 0.05) is 25.4 Å². The lowest BCUT2D eigenvalue weighted by Crippen LogP contribution is -2.36. The summed E-state index contributed by atoms with van der Waals surface area (Å²) < 4.78 is 19.7. The summed E-state index contributed by atoms with van der Waals surface area (Å²) in [7, 11) is 0. The number of likely N-dealkylation sites (tertiary alicyclic amines) is 1. The highest BCUT2D eigenvalue weighted by molar-refractivity contribution is 5.21. The lowest BCUT2D eigenvalue weighted by Gasteiger charge is -2.32. The second-order valence-corrected chi connectivity index (χ2v) is 6.93. The fourth-order valence-corrected chi connectivity index (χ4v) is 3.36. The van der Waals surface area contributed by atoms with Crippen LogP contribution in [0, 0.1) is 11.7 Å². The lowest BCUT2D eigenvalue weighted by atomic mass is 9.97. The summed E-state index contributed by atoms with van der Waals surface area (Å²) >= 11 is 0. The van der Waals surface area contributed by atoms with Gasteiger partial charge in [-0.3, -0.25) is 0 Å². The van der Waals surface area contributed by atoms with Crippen molar-refractivity contribution in [3.05, 3.63) is 53.5 Å². The van der Waals surface area contributed by atoms with Gasteiger partial charge in [0.05, 0.1) is 6.20 Å². The molecule has 1 aliphatic rings. The molecule has 0 bridgehead atoms. The Morgan fingerprint density at radius 3 is 2.96 bits per heavy atom.